The highest BCUT2D eigenvalue weighted by Gasteiger charge is 2.65. The number of methoxy groups -OCH3 is 1. The molecule has 4 aliphatic carbocycles. The van der Waals surface area contributed by atoms with Crippen LogP contribution in [0.1, 0.15) is 78.6 Å². The van der Waals surface area contributed by atoms with E-state index in [2.05, 4.69) is 20.8 Å². The average Bonchev–Trinajstić information content (AvgIpc) is 3.06. The van der Waals surface area contributed by atoms with Crippen LogP contribution in [-0.2, 0) is 14.3 Å². The highest BCUT2D eigenvalue weighted by Crippen LogP contribution is 2.68. The van der Waals surface area contributed by atoms with Gasteiger partial charge in [-0.1, -0.05) is 20.8 Å². The fourth-order valence-electron chi connectivity index (χ4n) is 8.59. The number of carbonyl (C=O) groups excluding carboxylic acids is 2. The predicted octanol–water partition coefficient (Wildman–Crippen LogP) is 3.75. The molecule has 0 saturated heterocycles. The minimum absolute atomic E-state index is 0.0503. The lowest BCUT2D eigenvalue weighted by molar-refractivity contribution is -0.201. The number of carbonyl (C=O) groups is 2. The molecular formula is C25H40O5. The van der Waals surface area contributed by atoms with Gasteiger partial charge < -0.3 is 14.9 Å². The van der Waals surface area contributed by atoms with Gasteiger partial charge in [0.1, 0.15) is 5.78 Å². The maximum atomic E-state index is 12.1. The van der Waals surface area contributed by atoms with Gasteiger partial charge in [0.25, 0.3) is 0 Å². The molecule has 0 amide bonds. The van der Waals surface area contributed by atoms with Crippen LogP contribution in [0.5, 0.6) is 0 Å². The van der Waals surface area contributed by atoms with Gasteiger partial charge in [0, 0.05) is 19.3 Å². The van der Waals surface area contributed by atoms with Crippen LogP contribution in [0.25, 0.3) is 0 Å². The van der Waals surface area contributed by atoms with E-state index in [1.165, 1.54) is 7.11 Å². The lowest BCUT2D eigenvalue weighted by Crippen LogP contribution is -2.62. The highest BCUT2D eigenvalue weighted by molar-refractivity contribution is 5.79. The quantitative estimate of drug-likeness (QED) is 0.677. The third-order valence-electron chi connectivity index (χ3n) is 10.4. The van der Waals surface area contributed by atoms with Crippen LogP contribution < -0.4 is 0 Å². The zero-order chi connectivity index (χ0) is 21.8. The van der Waals surface area contributed by atoms with Crippen molar-refractivity contribution in [2.24, 2.45) is 46.3 Å². The van der Waals surface area contributed by atoms with E-state index in [9.17, 15) is 19.8 Å². The van der Waals surface area contributed by atoms with Gasteiger partial charge in [0.05, 0.1) is 19.3 Å². The van der Waals surface area contributed by atoms with Gasteiger partial charge in [-0.05, 0) is 84.9 Å². The van der Waals surface area contributed by atoms with E-state index in [1.54, 1.807) is 0 Å². The number of fused-ring (bicyclic) bond motifs is 5. The summed E-state index contributed by atoms with van der Waals surface area (Å²) < 4.78 is 4.82. The third kappa shape index (κ3) is 3.26. The molecule has 0 aromatic heterocycles. The summed E-state index contributed by atoms with van der Waals surface area (Å²) in [6.45, 7) is 6.78. The fraction of sp³-hybridized carbons (Fsp3) is 0.920. The molecule has 0 aromatic rings. The Morgan fingerprint density at radius 1 is 1.20 bits per heavy atom. The van der Waals surface area contributed by atoms with Crippen LogP contribution in [0.15, 0.2) is 0 Å². The molecule has 5 unspecified atom stereocenters. The monoisotopic (exact) mass is 420 g/mol. The van der Waals surface area contributed by atoms with E-state index in [4.69, 9.17) is 4.74 Å². The van der Waals surface area contributed by atoms with Crippen molar-refractivity contribution in [3.63, 3.8) is 0 Å². The summed E-state index contributed by atoms with van der Waals surface area (Å²) >= 11 is 0. The maximum Gasteiger partial charge on any atom is 0.305 e. The van der Waals surface area contributed by atoms with E-state index >= 15 is 0 Å². The zero-order valence-corrected chi connectivity index (χ0v) is 19.1. The van der Waals surface area contributed by atoms with Crippen molar-refractivity contribution in [1.82, 2.24) is 0 Å². The second-order valence-electron chi connectivity index (χ2n) is 11.4. The number of Topliss-reactive ketones (excluding diaryl/α,β-unsaturated/α-hetero) is 1. The second kappa shape index (κ2) is 7.88. The lowest BCUT2D eigenvalue weighted by atomic mass is 9.43. The van der Waals surface area contributed by atoms with E-state index < -0.39 is 6.10 Å². The largest absolute Gasteiger partial charge is 0.469 e. The molecule has 170 valence electrons. The molecule has 0 aliphatic heterocycles. The molecule has 2 N–H and O–H groups in total. The van der Waals surface area contributed by atoms with Crippen molar-refractivity contribution >= 4 is 11.8 Å². The fourth-order valence-corrected chi connectivity index (χ4v) is 8.59. The minimum Gasteiger partial charge on any atom is -0.469 e. The standard InChI is InChI=1S/C25H40O5/c1-14(5-8-22(29)30-4)17-6-7-18-23-19(13-21(28)25(17,18)3)24(2)10-9-16(26)11-15(24)12-20(23)27/h14-15,17-21,23,27-28H,5-13H2,1-4H3/t14-,15?,17?,18?,19?,20-,21+,23?,24+,25-/m1/s1. The summed E-state index contributed by atoms with van der Waals surface area (Å²) in [5.41, 5.74) is -0.167. The Labute approximate surface area is 180 Å². The van der Waals surface area contributed by atoms with E-state index in [0.29, 0.717) is 42.8 Å². The topological polar surface area (TPSA) is 83.8 Å². The number of ketones is 1. The molecule has 0 heterocycles. The lowest BCUT2D eigenvalue weighted by Gasteiger charge is -2.63. The molecule has 0 bridgehead atoms. The number of hydrogen-bond acceptors (Lipinski definition) is 5. The van der Waals surface area contributed by atoms with Crippen molar-refractivity contribution in [1.29, 1.82) is 0 Å². The van der Waals surface area contributed by atoms with Gasteiger partial charge in [-0.3, -0.25) is 9.59 Å². The van der Waals surface area contributed by atoms with Crippen LogP contribution in [0.3, 0.4) is 0 Å². The SMILES string of the molecule is COC(=O)CC[C@@H](C)C1CCC2C3C(C[C@H](O)[C@@]21C)[C@@]1(C)CCC(=O)CC1C[C@H]3O. The highest BCUT2D eigenvalue weighted by atomic mass is 16.5. The first-order chi connectivity index (χ1) is 14.1. The number of aliphatic hydroxyl groups excluding tert-OH is 2. The smallest absolute Gasteiger partial charge is 0.305 e. The molecule has 0 radical (unpaired) electrons. The Bertz CT molecular complexity index is 691. The summed E-state index contributed by atoms with van der Waals surface area (Å²) in [6.07, 6.45) is 6.15. The minimum atomic E-state index is -0.391. The van der Waals surface area contributed by atoms with Crippen LogP contribution >= 0.6 is 0 Å². The van der Waals surface area contributed by atoms with Crippen molar-refractivity contribution < 1.29 is 24.5 Å². The zero-order valence-electron chi connectivity index (χ0n) is 19.1. The first-order valence-corrected chi connectivity index (χ1v) is 12.1. The van der Waals surface area contributed by atoms with Gasteiger partial charge in [-0.2, -0.15) is 0 Å². The number of ether oxygens (including phenoxy) is 1. The Kier molecular flexibility index (Phi) is 5.85. The Hall–Kier alpha value is -0.940. The molecular weight excluding hydrogens is 380 g/mol. The number of esters is 1. The number of hydrogen-bond donors (Lipinski definition) is 2. The van der Waals surface area contributed by atoms with Gasteiger partial charge >= 0.3 is 5.97 Å². The van der Waals surface area contributed by atoms with Gasteiger partial charge in [0.2, 0.25) is 0 Å². The summed E-state index contributed by atoms with van der Waals surface area (Å²) in [5.74, 6) is 1.92. The van der Waals surface area contributed by atoms with Crippen LogP contribution in [0.2, 0.25) is 0 Å². The van der Waals surface area contributed by atoms with Crippen LogP contribution in [0, 0.1) is 46.3 Å². The summed E-state index contributed by atoms with van der Waals surface area (Å²) in [4.78, 5) is 23.8. The van der Waals surface area contributed by atoms with Crippen molar-refractivity contribution in [3.05, 3.63) is 0 Å². The van der Waals surface area contributed by atoms with E-state index in [-0.39, 0.29) is 40.7 Å². The average molecular weight is 421 g/mol. The summed E-state index contributed by atoms with van der Waals surface area (Å²) in [7, 11) is 1.43. The Morgan fingerprint density at radius 2 is 1.93 bits per heavy atom. The number of aliphatic hydroxyl groups is 2. The Balaban J connectivity index is 1.58. The molecule has 10 atom stereocenters. The Morgan fingerprint density at radius 3 is 2.63 bits per heavy atom. The van der Waals surface area contributed by atoms with Crippen molar-refractivity contribution in [3.8, 4) is 0 Å². The molecule has 30 heavy (non-hydrogen) atoms. The normalized spacial score (nSPS) is 49.0. The molecule has 4 aliphatic rings. The molecule has 0 spiro atoms. The van der Waals surface area contributed by atoms with E-state index in [1.807, 2.05) is 0 Å². The van der Waals surface area contributed by atoms with Crippen molar-refractivity contribution in [2.45, 2.75) is 90.8 Å². The molecule has 0 aromatic carbocycles. The first kappa shape index (κ1) is 22.3. The maximum absolute atomic E-state index is 12.1. The molecule has 4 rings (SSSR count). The van der Waals surface area contributed by atoms with Gasteiger partial charge in [0.15, 0.2) is 0 Å². The van der Waals surface area contributed by atoms with Crippen LogP contribution in [0.4, 0.5) is 0 Å². The van der Waals surface area contributed by atoms with Crippen molar-refractivity contribution in [2.75, 3.05) is 7.11 Å². The van der Waals surface area contributed by atoms with Gasteiger partial charge in [-0.25, -0.2) is 0 Å². The summed E-state index contributed by atoms with van der Waals surface area (Å²) in [6, 6.07) is 0. The predicted molar refractivity (Wildman–Crippen MR) is 113 cm³/mol. The summed E-state index contributed by atoms with van der Waals surface area (Å²) in [5, 5.41) is 22.8. The number of rotatable bonds is 4. The molecule has 5 nitrogen and oxygen atoms in total. The molecule has 4 saturated carbocycles. The third-order valence-corrected chi connectivity index (χ3v) is 10.4. The van der Waals surface area contributed by atoms with E-state index in [0.717, 1.165) is 38.5 Å². The van der Waals surface area contributed by atoms with Crippen LogP contribution in [-0.4, -0.2) is 41.3 Å². The molecule has 5 heteroatoms. The second-order valence-corrected chi connectivity index (χ2v) is 11.4. The first-order valence-electron chi connectivity index (χ1n) is 12.1. The molecule has 4 fully saturated rings. The van der Waals surface area contributed by atoms with Gasteiger partial charge in [-0.15, -0.1) is 0 Å².